The lowest BCUT2D eigenvalue weighted by Crippen LogP contribution is -2.13. The molecule has 0 saturated carbocycles. The van der Waals surface area contributed by atoms with Crippen LogP contribution in [0.1, 0.15) is 46.2 Å². The number of hydrogen-bond donors (Lipinski definition) is 2. The minimum absolute atomic E-state index is 0.0605. The number of amides is 1. The molecule has 0 aliphatic heterocycles. The summed E-state index contributed by atoms with van der Waals surface area (Å²) in [6.07, 6.45) is -2.32. The molecule has 2 aromatic carbocycles. The van der Waals surface area contributed by atoms with Crippen LogP contribution in [0.3, 0.4) is 0 Å². The van der Waals surface area contributed by atoms with E-state index in [-0.39, 0.29) is 58.2 Å². The van der Waals surface area contributed by atoms with Gasteiger partial charge in [0.25, 0.3) is 5.91 Å². The summed E-state index contributed by atoms with van der Waals surface area (Å²) >= 11 is 0. The van der Waals surface area contributed by atoms with Crippen LogP contribution < -0.4 is 10.6 Å². The Labute approximate surface area is 229 Å². The van der Waals surface area contributed by atoms with Crippen LogP contribution in [0.25, 0.3) is 16.9 Å². The summed E-state index contributed by atoms with van der Waals surface area (Å²) in [7, 11) is 0. The minimum Gasteiger partial charge on any atom is -0.324 e. The molecule has 0 saturated heterocycles. The molecule has 1 amide bonds. The molecule has 0 atom stereocenters. The molecule has 36 heavy (non-hydrogen) atoms. The van der Waals surface area contributed by atoms with Crippen molar-refractivity contribution < 1.29 is 24.0 Å². The first-order chi connectivity index (χ1) is 23.2. The van der Waals surface area contributed by atoms with Crippen molar-refractivity contribution in [2.24, 2.45) is 0 Å². The zero-order valence-corrected chi connectivity index (χ0v) is 19.0. The zero-order chi connectivity index (χ0) is 37.1. The van der Waals surface area contributed by atoms with Gasteiger partial charge < -0.3 is 15.2 Å². The van der Waals surface area contributed by atoms with Crippen LogP contribution in [0, 0.1) is 20.7 Å². The highest BCUT2D eigenvalue weighted by atomic mass is 16.1. The van der Waals surface area contributed by atoms with Crippen molar-refractivity contribution in [1.82, 2.24) is 19.5 Å². The molecule has 0 aliphatic carbocycles. The maximum atomic E-state index is 13.6. The van der Waals surface area contributed by atoms with Gasteiger partial charge in [-0.15, -0.1) is 0 Å². The molecule has 7 nitrogen and oxygen atoms in total. The lowest BCUT2D eigenvalue weighted by Gasteiger charge is -2.13. The van der Waals surface area contributed by atoms with Crippen molar-refractivity contribution in [3.63, 3.8) is 0 Å². The molecule has 0 bridgehead atoms. The van der Waals surface area contributed by atoms with Gasteiger partial charge in [0.2, 0.25) is 5.95 Å². The Hall–Kier alpha value is -4.78. The number of aromatic nitrogens is 4. The van der Waals surface area contributed by atoms with Gasteiger partial charge in [-0.2, -0.15) is 0 Å². The third-order valence-electron chi connectivity index (χ3n) is 4.81. The van der Waals surface area contributed by atoms with Crippen LogP contribution >= 0.6 is 0 Å². The predicted octanol–water partition coefficient (Wildman–Crippen LogP) is 6.25. The third kappa shape index (κ3) is 5.15. The number of aryl methyl sites for hydroxylation is 2. The summed E-state index contributed by atoms with van der Waals surface area (Å²) in [6, 6.07) is 1.74. The van der Waals surface area contributed by atoms with Crippen molar-refractivity contribution in [3.8, 4) is 16.9 Å². The fourth-order valence-corrected chi connectivity index (χ4v) is 3.18. The number of carbonyl (C=O) groups excluding carboxylic acids is 1. The molecule has 7 heteroatoms. The molecule has 0 aliphatic rings. The first-order valence-electron chi connectivity index (χ1n) is 17.5. The monoisotopic (exact) mass is 488 g/mol. The first-order valence-corrected chi connectivity index (χ1v) is 10.5. The second kappa shape index (κ2) is 9.84. The Balaban J connectivity index is 1.59. The van der Waals surface area contributed by atoms with Crippen molar-refractivity contribution in [1.29, 1.82) is 0 Å². The quantitative estimate of drug-likeness (QED) is 0.295. The van der Waals surface area contributed by atoms with Gasteiger partial charge in [0, 0.05) is 63.2 Å². The number of carbonyl (C=O) groups is 1. The Morgan fingerprint density at radius 2 is 2.00 bits per heavy atom. The Morgan fingerprint density at radius 3 is 2.83 bits per heavy atom. The molecule has 3 aromatic heterocycles. The van der Waals surface area contributed by atoms with Crippen LogP contribution in [0.5, 0.6) is 0 Å². The second-order valence-corrected chi connectivity index (χ2v) is 7.56. The molecule has 2 N–H and O–H groups in total. The van der Waals surface area contributed by atoms with Crippen LogP contribution in [-0.2, 0) is 0 Å². The summed E-state index contributed by atoms with van der Waals surface area (Å²) in [5, 5.41) is 5.10. The van der Waals surface area contributed by atoms with Crippen molar-refractivity contribution in [3.05, 3.63) is 114 Å². The number of nitrogens with one attached hydrogen (secondary N) is 2. The largest absolute Gasteiger partial charge is 0.324 e. The second-order valence-electron chi connectivity index (χ2n) is 7.56. The number of benzene rings is 2. The van der Waals surface area contributed by atoms with E-state index >= 15 is 0 Å². The van der Waals surface area contributed by atoms with Crippen LogP contribution in [0.15, 0.2) is 91.4 Å². The van der Waals surface area contributed by atoms with Gasteiger partial charge in [0.05, 0.1) is 20.8 Å². The van der Waals surface area contributed by atoms with E-state index < -0.39 is 72.7 Å². The topological polar surface area (TPSA) is 84.7 Å². The van der Waals surface area contributed by atoms with E-state index in [1.165, 1.54) is 19.1 Å². The van der Waals surface area contributed by atoms with Gasteiger partial charge in [-0.1, -0.05) is 6.07 Å². The van der Waals surface area contributed by atoms with E-state index in [4.69, 9.17) is 19.2 Å². The highest BCUT2D eigenvalue weighted by Crippen LogP contribution is 2.24. The Morgan fingerprint density at radius 1 is 1.08 bits per heavy atom. The lowest BCUT2D eigenvalue weighted by molar-refractivity contribution is 0.102. The molecule has 0 unspecified atom stereocenters. The number of nitrogens with zero attached hydrogens (tertiary/aromatic N) is 4. The summed E-state index contributed by atoms with van der Waals surface area (Å²) in [6.45, 7) is 0.253. The van der Waals surface area contributed by atoms with Gasteiger partial charge >= 0.3 is 0 Å². The van der Waals surface area contributed by atoms with E-state index in [0.29, 0.717) is 5.56 Å². The van der Waals surface area contributed by atoms with Crippen molar-refractivity contribution >= 4 is 23.2 Å². The third-order valence-corrected chi connectivity index (χ3v) is 4.81. The molecule has 178 valence electrons. The molecule has 0 spiro atoms. The lowest BCUT2D eigenvalue weighted by atomic mass is 10.1. The van der Waals surface area contributed by atoms with Gasteiger partial charge in [0.1, 0.15) is 0 Å². The maximum absolute atomic E-state index is 13.6. The maximum Gasteiger partial charge on any atom is 0.255 e. The van der Waals surface area contributed by atoms with Crippen molar-refractivity contribution in [2.45, 2.75) is 20.7 Å². The number of pyridine rings is 1. The van der Waals surface area contributed by atoms with Gasteiger partial charge in [-0.25, -0.2) is 9.97 Å². The standard InChI is InChI=1S/C29H26N6O/c1-19-9-12-35(18-19)25-14-20(2)13-24(16-25)32-28(36)22-7-6-21(3)27(15-22)34-29-31-11-8-26(33-29)23-5-4-10-30-17-23/h4-18H,1-3H3,(H,32,36)(H,31,33,34)/i3D3,4D,5D,8D,10D,11D,12D,13D,14D,16D,17D,18D. The van der Waals surface area contributed by atoms with E-state index in [1.807, 2.05) is 0 Å². The van der Waals surface area contributed by atoms with E-state index in [1.54, 1.807) is 6.92 Å². The van der Waals surface area contributed by atoms with E-state index in [9.17, 15) is 4.79 Å². The Bertz CT molecular complexity index is 2230. The van der Waals surface area contributed by atoms with Gasteiger partial charge in [0.15, 0.2) is 0 Å². The average Bonchev–Trinajstić information content (AvgIpc) is 3.28. The number of hydrogen-bond acceptors (Lipinski definition) is 5. The van der Waals surface area contributed by atoms with Crippen LogP contribution in [0.2, 0.25) is 0 Å². The highest BCUT2D eigenvalue weighted by molar-refractivity contribution is 6.05. The van der Waals surface area contributed by atoms with Crippen LogP contribution in [-0.4, -0.2) is 25.4 Å². The van der Waals surface area contributed by atoms with E-state index in [0.717, 1.165) is 16.7 Å². The first kappa shape index (κ1) is 11.8. The summed E-state index contributed by atoms with van der Waals surface area (Å²) in [5.74, 6) is -1.36. The van der Waals surface area contributed by atoms with Crippen LogP contribution in [0.4, 0.5) is 17.3 Å². The smallest absolute Gasteiger partial charge is 0.255 e. The fraction of sp³-hybridized carbons (Fsp3) is 0.103. The normalized spacial score (nSPS) is 16.6. The van der Waals surface area contributed by atoms with Gasteiger partial charge in [-0.05, 0) is 91.8 Å². The molecular weight excluding hydrogens is 448 g/mol. The average molecular weight is 489 g/mol. The molecule has 5 rings (SSSR count). The summed E-state index contributed by atoms with van der Waals surface area (Å²) in [5.41, 5.74) is -1.64. The Kier molecular flexibility index (Phi) is 3.22. The zero-order valence-electron chi connectivity index (χ0n) is 33.0. The predicted molar refractivity (Wildman–Crippen MR) is 143 cm³/mol. The number of anilines is 3. The summed E-state index contributed by atoms with van der Waals surface area (Å²) < 4.78 is 116. The number of rotatable bonds is 6. The van der Waals surface area contributed by atoms with E-state index in [2.05, 4.69) is 25.6 Å². The van der Waals surface area contributed by atoms with Crippen molar-refractivity contribution in [2.75, 3.05) is 10.6 Å². The SMILES string of the molecule is [2H]c1nc(Nc2cc(C(=O)Nc3c([2H])c(C)c([2H])c(-n4c([2H])cc(C)c4[2H])c3[2H])ccc2C([2H])([2H])[2H])nc(-c2c([2H])nc([2H])c([2H])c2[2H])c1[2H]. The fourth-order valence-electron chi connectivity index (χ4n) is 3.18. The molecule has 3 heterocycles. The van der Waals surface area contributed by atoms with Gasteiger partial charge in [-0.3, -0.25) is 9.78 Å². The minimum atomic E-state index is -2.76. The molecule has 0 fully saturated rings. The molecular formula is C29H26N6O. The highest BCUT2D eigenvalue weighted by Gasteiger charge is 2.12. The summed E-state index contributed by atoms with van der Waals surface area (Å²) in [4.78, 5) is 25.2. The molecule has 0 radical (unpaired) electrons. The molecule has 5 aromatic rings.